The first kappa shape index (κ1) is 22.7. The third kappa shape index (κ3) is 10.00. The first-order valence-corrected chi connectivity index (χ1v) is 10.2. The Bertz CT molecular complexity index is 428. The highest BCUT2D eigenvalue weighted by Crippen LogP contribution is 2.28. The van der Waals surface area contributed by atoms with Crippen molar-refractivity contribution < 1.29 is 19.4 Å². The number of unbranched alkanes of at least 4 members (excludes halogenated alkanes) is 1. The minimum absolute atomic E-state index is 0.00308. The number of hydrogen-bond donors (Lipinski definition) is 3. The lowest BCUT2D eigenvalue weighted by Gasteiger charge is -2.31. The summed E-state index contributed by atoms with van der Waals surface area (Å²) in [5.74, 6) is 0.298. The van der Waals surface area contributed by atoms with Crippen molar-refractivity contribution in [1.29, 1.82) is 0 Å². The first-order valence-electron chi connectivity index (χ1n) is 10.2. The molecule has 1 fully saturated rings. The minimum atomic E-state index is -0.911. The Hall–Kier alpha value is -1.30. The number of ether oxygens (including phenoxy) is 1. The summed E-state index contributed by atoms with van der Waals surface area (Å²) < 4.78 is 5.33. The van der Waals surface area contributed by atoms with Gasteiger partial charge in [0, 0.05) is 6.54 Å². The Labute approximate surface area is 158 Å². The first-order chi connectivity index (χ1) is 12.2. The summed E-state index contributed by atoms with van der Waals surface area (Å²) in [6, 6.07) is -0.468. The van der Waals surface area contributed by atoms with Gasteiger partial charge in [-0.1, -0.05) is 45.4 Å². The third-order valence-corrected chi connectivity index (χ3v) is 4.73. The molecule has 26 heavy (non-hydrogen) atoms. The van der Waals surface area contributed by atoms with Crippen LogP contribution in [0.4, 0.5) is 4.79 Å². The van der Waals surface area contributed by atoms with Gasteiger partial charge in [0.2, 0.25) is 5.91 Å². The minimum Gasteiger partial charge on any atom is -0.444 e. The van der Waals surface area contributed by atoms with Gasteiger partial charge in [0.25, 0.3) is 0 Å². The highest BCUT2D eigenvalue weighted by atomic mass is 16.6. The van der Waals surface area contributed by atoms with E-state index in [1.165, 1.54) is 19.3 Å². The fraction of sp³-hybridized carbons (Fsp3) is 0.900. The van der Waals surface area contributed by atoms with Crippen molar-refractivity contribution in [3.05, 3.63) is 0 Å². The van der Waals surface area contributed by atoms with Crippen molar-refractivity contribution in [2.45, 2.75) is 103 Å². The molecule has 0 aromatic heterocycles. The van der Waals surface area contributed by atoms with Gasteiger partial charge in [-0.2, -0.15) is 0 Å². The molecule has 3 N–H and O–H groups in total. The van der Waals surface area contributed by atoms with E-state index in [0.29, 0.717) is 18.9 Å². The van der Waals surface area contributed by atoms with Crippen LogP contribution in [-0.2, 0) is 9.53 Å². The molecule has 0 aliphatic heterocycles. The molecule has 0 radical (unpaired) electrons. The van der Waals surface area contributed by atoms with E-state index >= 15 is 0 Å². The number of amides is 2. The lowest BCUT2D eigenvalue weighted by molar-refractivity contribution is -0.123. The summed E-state index contributed by atoms with van der Waals surface area (Å²) >= 11 is 0. The predicted molar refractivity (Wildman–Crippen MR) is 103 cm³/mol. The third-order valence-electron chi connectivity index (χ3n) is 4.73. The highest BCUT2D eigenvalue weighted by Gasteiger charge is 2.29. The number of aliphatic hydroxyl groups excluding tert-OH is 1. The lowest BCUT2D eigenvalue weighted by atomic mass is 9.83. The monoisotopic (exact) mass is 370 g/mol. The molecule has 0 bridgehead atoms. The van der Waals surface area contributed by atoms with Crippen LogP contribution in [0.5, 0.6) is 0 Å². The van der Waals surface area contributed by atoms with Crippen molar-refractivity contribution in [2.24, 2.45) is 5.92 Å². The van der Waals surface area contributed by atoms with E-state index in [-0.39, 0.29) is 12.3 Å². The van der Waals surface area contributed by atoms with Crippen LogP contribution in [0.25, 0.3) is 0 Å². The highest BCUT2D eigenvalue weighted by molar-refractivity contribution is 5.76. The Kier molecular flexibility index (Phi) is 9.99. The van der Waals surface area contributed by atoms with Crippen molar-refractivity contribution in [1.82, 2.24) is 10.6 Å². The predicted octanol–water partition coefficient (Wildman–Crippen LogP) is 3.52. The number of aliphatic hydroxyl groups is 1. The lowest BCUT2D eigenvalue weighted by Crippen LogP contribution is -2.48. The molecule has 0 unspecified atom stereocenters. The number of carbonyl (C=O) groups is 2. The second-order valence-corrected chi connectivity index (χ2v) is 8.47. The van der Waals surface area contributed by atoms with Crippen LogP contribution in [0.3, 0.4) is 0 Å². The van der Waals surface area contributed by atoms with E-state index in [1.807, 2.05) is 0 Å². The molecule has 0 saturated heterocycles. The molecule has 0 aromatic rings. The zero-order valence-electron chi connectivity index (χ0n) is 17.0. The maximum absolute atomic E-state index is 12.2. The second kappa shape index (κ2) is 11.4. The summed E-state index contributed by atoms with van der Waals surface area (Å²) in [5, 5.41) is 16.2. The Morgan fingerprint density at radius 1 is 1.19 bits per heavy atom. The molecule has 152 valence electrons. The Morgan fingerprint density at radius 3 is 2.42 bits per heavy atom. The Balaban J connectivity index is 2.62. The molecule has 0 heterocycles. The topological polar surface area (TPSA) is 87.7 Å². The average Bonchev–Trinajstić information content (AvgIpc) is 2.53. The van der Waals surface area contributed by atoms with Crippen LogP contribution in [0.2, 0.25) is 0 Å². The fourth-order valence-electron chi connectivity index (χ4n) is 3.36. The second-order valence-electron chi connectivity index (χ2n) is 8.47. The number of rotatable bonds is 9. The zero-order valence-corrected chi connectivity index (χ0v) is 17.0. The molecule has 6 nitrogen and oxygen atoms in total. The molecule has 1 rings (SSSR count). The molecular weight excluding hydrogens is 332 g/mol. The molecule has 2 amide bonds. The standard InChI is InChI=1S/C20H38N2O4/c1-5-6-12-21-18(24)14-17(23)16(13-15-10-8-7-9-11-15)22-19(25)26-20(2,3)4/h15-17,23H,5-14H2,1-4H3,(H,21,24)(H,22,25)/t16-,17-/m0/s1. The average molecular weight is 371 g/mol. The van der Waals surface area contributed by atoms with Crippen LogP contribution >= 0.6 is 0 Å². The molecule has 1 aliphatic rings. The zero-order chi connectivity index (χ0) is 19.6. The Morgan fingerprint density at radius 2 is 1.85 bits per heavy atom. The van der Waals surface area contributed by atoms with Crippen LogP contribution in [-0.4, -0.2) is 41.4 Å². The van der Waals surface area contributed by atoms with Crippen molar-refractivity contribution >= 4 is 12.0 Å². The van der Waals surface area contributed by atoms with Gasteiger partial charge in [0.05, 0.1) is 18.6 Å². The molecule has 6 heteroatoms. The van der Waals surface area contributed by atoms with Crippen molar-refractivity contribution in [2.75, 3.05) is 6.54 Å². The molecule has 0 aromatic carbocycles. The molecule has 1 aliphatic carbocycles. The van der Waals surface area contributed by atoms with E-state index in [9.17, 15) is 14.7 Å². The van der Waals surface area contributed by atoms with Gasteiger partial charge in [-0.05, 0) is 39.5 Å². The van der Waals surface area contributed by atoms with E-state index in [1.54, 1.807) is 20.8 Å². The van der Waals surface area contributed by atoms with Gasteiger partial charge in [0.15, 0.2) is 0 Å². The maximum atomic E-state index is 12.2. The number of carbonyl (C=O) groups excluding carboxylic acids is 2. The van der Waals surface area contributed by atoms with Crippen LogP contribution in [0.15, 0.2) is 0 Å². The smallest absolute Gasteiger partial charge is 0.407 e. The van der Waals surface area contributed by atoms with E-state index in [2.05, 4.69) is 17.6 Å². The van der Waals surface area contributed by atoms with Gasteiger partial charge >= 0.3 is 6.09 Å². The van der Waals surface area contributed by atoms with E-state index in [0.717, 1.165) is 25.7 Å². The number of nitrogens with one attached hydrogen (secondary N) is 2. The van der Waals surface area contributed by atoms with Crippen LogP contribution in [0.1, 0.15) is 85.5 Å². The van der Waals surface area contributed by atoms with Crippen LogP contribution in [0, 0.1) is 5.92 Å². The summed E-state index contributed by atoms with van der Waals surface area (Å²) in [6.07, 6.45) is 7.02. The van der Waals surface area contributed by atoms with Crippen molar-refractivity contribution in [3.63, 3.8) is 0 Å². The SMILES string of the molecule is CCCCNC(=O)C[C@H](O)[C@H](CC1CCCCC1)NC(=O)OC(C)(C)C. The van der Waals surface area contributed by atoms with E-state index in [4.69, 9.17) is 4.74 Å². The number of hydrogen-bond acceptors (Lipinski definition) is 4. The molecule has 2 atom stereocenters. The molecule has 1 saturated carbocycles. The molecule has 0 spiro atoms. The molecular formula is C20H38N2O4. The quantitative estimate of drug-likeness (QED) is 0.542. The van der Waals surface area contributed by atoms with Gasteiger partial charge in [-0.15, -0.1) is 0 Å². The van der Waals surface area contributed by atoms with Crippen LogP contribution < -0.4 is 10.6 Å². The number of alkyl carbamates (subject to hydrolysis) is 1. The van der Waals surface area contributed by atoms with Crippen molar-refractivity contribution in [3.8, 4) is 0 Å². The normalized spacial score (nSPS) is 18.0. The summed E-state index contributed by atoms with van der Waals surface area (Å²) in [5.41, 5.74) is -0.595. The van der Waals surface area contributed by atoms with Gasteiger partial charge < -0.3 is 20.5 Å². The largest absolute Gasteiger partial charge is 0.444 e. The maximum Gasteiger partial charge on any atom is 0.407 e. The van der Waals surface area contributed by atoms with Gasteiger partial charge in [-0.25, -0.2) is 4.79 Å². The summed E-state index contributed by atoms with van der Waals surface area (Å²) in [7, 11) is 0. The van der Waals surface area contributed by atoms with Gasteiger partial charge in [-0.3, -0.25) is 4.79 Å². The van der Waals surface area contributed by atoms with E-state index < -0.39 is 23.8 Å². The van der Waals surface area contributed by atoms with Gasteiger partial charge in [0.1, 0.15) is 5.60 Å². The fourth-order valence-corrected chi connectivity index (χ4v) is 3.36. The summed E-state index contributed by atoms with van der Waals surface area (Å²) in [6.45, 7) is 8.10. The summed E-state index contributed by atoms with van der Waals surface area (Å²) in [4.78, 5) is 24.2.